The van der Waals surface area contributed by atoms with Crippen molar-refractivity contribution in [2.45, 2.75) is 85.0 Å². The fourth-order valence-electron chi connectivity index (χ4n) is 3.76. The van der Waals surface area contributed by atoms with E-state index in [1.54, 1.807) is 45.0 Å². The number of nitrogens with one attached hydrogen (secondary N) is 2. The van der Waals surface area contributed by atoms with Crippen molar-refractivity contribution in [1.29, 1.82) is 0 Å². The van der Waals surface area contributed by atoms with Crippen molar-refractivity contribution >= 4 is 30.0 Å². The largest absolute Gasteiger partial charge is 0.468 e. The molecule has 0 spiro atoms. The van der Waals surface area contributed by atoms with E-state index in [-0.39, 0.29) is 12.5 Å². The van der Waals surface area contributed by atoms with Gasteiger partial charge in [0.05, 0.1) is 7.11 Å². The highest BCUT2D eigenvalue weighted by Gasteiger charge is 2.42. The molecule has 0 bridgehead atoms. The Balaban J connectivity index is 3.60. The second-order valence-corrected chi connectivity index (χ2v) is 11.3. The lowest BCUT2D eigenvalue weighted by molar-refractivity contribution is -0.149. The van der Waals surface area contributed by atoms with Crippen molar-refractivity contribution in [1.82, 2.24) is 15.5 Å². The molecule has 0 heterocycles. The number of rotatable bonds is 10. The second-order valence-electron chi connectivity index (χ2n) is 11.3. The zero-order valence-electron chi connectivity index (χ0n) is 23.6. The van der Waals surface area contributed by atoms with E-state index in [0.717, 1.165) is 5.56 Å². The highest BCUT2D eigenvalue weighted by molar-refractivity contribution is 5.93. The molecule has 1 aromatic carbocycles. The van der Waals surface area contributed by atoms with Crippen LogP contribution in [0.3, 0.4) is 0 Å². The number of benzene rings is 1. The maximum absolute atomic E-state index is 14.2. The Labute approximate surface area is 221 Å². The van der Waals surface area contributed by atoms with Gasteiger partial charge in [0.1, 0.15) is 24.2 Å². The van der Waals surface area contributed by atoms with Gasteiger partial charge in [-0.15, -0.1) is 0 Å². The molecule has 0 saturated heterocycles. The van der Waals surface area contributed by atoms with Gasteiger partial charge in [-0.05, 0) is 71.1 Å². The fourth-order valence-corrected chi connectivity index (χ4v) is 3.76. The highest BCUT2D eigenvalue weighted by Crippen LogP contribution is 2.31. The first-order valence-electron chi connectivity index (χ1n) is 12.4. The molecule has 0 aliphatic heterocycles. The molecule has 0 aliphatic carbocycles. The lowest BCUT2D eigenvalue weighted by Crippen LogP contribution is -2.59. The average Bonchev–Trinajstić information content (AvgIpc) is 2.77. The van der Waals surface area contributed by atoms with Crippen molar-refractivity contribution in [2.75, 3.05) is 13.7 Å². The number of hydrogen-bond acceptors (Lipinski definition) is 6. The summed E-state index contributed by atoms with van der Waals surface area (Å²) in [5, 5.41) is 5.29. The predicted molar refractivity (Wildman–Crippen MR) is 144 cm³/mol. The first-order chi connectivity index (χ1) is 17.0. The number of hydrogen-bond donors (Lipinski definition) is 2. The van der Waals surface area contributed by atoms with E-state index in [0.29, 0.717) is 12.0 Å². The molecular weight excluding hydrogens is 474 g/mol. The summed E-state index contributed by atoms with van der Waals surface area (Å²) in [6.07, 6.45) is 1.25. The molecule has 206 valence electrons. The van der Waals surface area contributed by atoms with E-state index in [1.807, 2.05) is 40.7 Å². The first-order valence-corrected chi connectivity index (χ1v) is 12.4. The Kier molecular flexibility index (Phi) is 11.4. The number of carbonyl (C=O) groups is 4. The maximum atomic E-state index is 14.2. The van der Waals surface area contributed by atoms with Crippen LogP contribution in [-0.2, 0) is 23.9 Å². The molecule has 2 atom stereocenters. The zero-order valence-corrected chi connectivity index (χ0v) is 23.6. The van der Waals surface area contributed by atoms with E-state index < -0.39 is 47.1 Å². The Morgan fingerprint density at radius 2 is 1.70 bits per heavy atom. The highest BCUT2D eigenvalue weighted by atomic mass is 16.6. The Morgan fingerprint density at radius 1 is 1.08 bits per heavy atom. The number of nitrogens with zero attached hydrogens (tertiary/aromatic N) is 1. The minimum atomic E-state index is -1.10. The number of ether oxygens (including phenoxy) is 2. The van der Waals surface area contributed by atoms with Crippen LogP contribution in [0.4, 0.5) is 4.79 Å². The van der Waals surface area contributed by atoms with Gasteiger partial charge in [-0.2, -0.15) is 0 Å². The SMILES string of the molecule is C=Cc1cccc(C(C(=O)NCC(=O)OC)N(C(=O)C(CC(C)C)NC(=O)OC(C)(C)C)C(C)(C)C)c1. The van der Waals surface area contributed by atoms with Gasteiger partial charge in [0.15, 0.2) is 0 Å². The fraction of sp³-hybridized carbons (Fsp3) is 0.571. The molecule has 2 unspecified atom stereocenters. The lowest BCUT2D eigenvalue weighted by Gasteiger charge is -2.43. The smallest absolute Gasteiger partial charge is 0.408 e. The Bertz CT molecular complexity index is 975. The van der Waals surface area contributed by atoms with Gasteiger partial charge in [0, 0.05) is 5.54 Å². The quantitative estimate of drug-likeness (QED) is 0.449. The van der Waals surface area contributed by atoms with Gasteiger partial charge in [0.2, 0.25) is 11.8 Å². The topological polar surface area (TPSA) is 114 Å². The van der Waals surface area contributed by atoms with Gasteiger partial charge >= 0.3 is 12.1 Å². The van der Waals surface area contributed by atoms with Crippen LogP contribution < -0.4 is 10.6 Å². The van der Waals surface area contributed by atoms with E-state index in [1.165, 1.54) is 12.0 Å². The van der Waals surface area contributed by atoms with Crippen LogP contribution in [0.25, 0.3) is 6.08 Å². The molecule has 9 heteroatoms. The van der Waals surface area contributed by atoms with Crippen LogP contribution in [0.15, 0.2) is 30.8 Å². The van der Waals surface area contributed by atoms with Crippen LogP contribution in [0.5, 0.6) is 0 Å². The predicted octanol–water partition coefficient (Wildman–Crippen LogP) is 4.23. The minimum absolute atomic E-state index is 0.0569. The lowest BCUT2D eigenvalue weighted by atomic mass is 9.93. The molecule has 37 heavy (non-hydrogen) atoms. The second kappa shape index (κ2) is 13.3. The van der Waals surface area contributed by atoms with E-state index in [4.69, 9.17) is 4.74 Å². The maximum Gasteiger partial charge on any atom is 0.408 e. The Morgan fingerprint density at radius 3 is 2.19 bits per heavy atom. The first kappa shape index (κ1) is 31.7. The molecule has 2 N–H and O–H groups in total. The van der Waals surface area contributed by atoms with Gasteiger partial charge in [-0.1, -0.05) is 44.7 Å². The summed E-state index contributed by atoms with van der Waals surface area (Å²) in [5.74, 6) is -1.57. The molecule has 3 amide bonds. The molecule has 0 saturated carbocycles. The molecule has 1 aromatic rings. The van der Waals surface area contributed by atoms with Crippen molar-refractivity contribution in [3.05, 3.63) is 42.0 Å². The van der Waals surface area contributed by atoms with Crippen LogP contribution in [0, 0.1) is 5.92 Å². The summed E-state index contributed by atoms with van der Waals surface area (Å²) in [7, 11) is 1.23. The summed E-state index contributed by atoms with van der Waals surface area (Å²) in [6.45, 7) is 18.0. The number of methoxy groups -OCH3 is 1. The van der Waals surface area contributed by atoms with E-state index in [9.17, 15) is 19.2 Å². The summed E-state index contributed by atoms with van der Waals surface area (Å²) < 4.78 is 10.1. The number of amides is 3. The van der Waals surface area contributed by atoms with Gasteiger partial charge < -0.3 is 25.0 Å². The van der Waals surface area contributed by atoms with E-state index in [2.05, 4.69) is 21.9 Å². The summed E-state index contributed by atoms with van der Waals surface area (Å²) in [6, 6.07) is 5.04. The molecular formula is C28H43N3O6. The monoisotopic (exact) mass is 517 g/mol. The molecule has 0 aliphatic rings. The van der Waals surface area contributed by atoms with E-state index >= 15 is 0 Å². The number of carbonyl (C=O) groups excluding carboxylic acids is 4. The zero-order chi connectivity index (χ0) is 28.6. The normalized spacial score (nSPS) is 13.2. The van der Waals surface area contributed by atoms with Crippen molar-refractivity contribution in [3.8, 4) is 0 Å². The minimum Gasteiger partial charge on any atom is -0.468 e. The summed E-state index contributed by atoms with van der Waals surface area (Å²) in [5.41, 5.74) is -0.307. The van der Waals surface area contributed by atoms with Crippen LogP contribution >= 0.6 is 0 Å². The molecule has 9 nitrogen and oxygen atoms in total. The average molecular weight is 518 g/mol. The number of esters is 1. The third-order valence-electron chi connectivity index (χ3n) is 5.26. The van der Waals surface area contributed by atoms with Crippen molar-refractivity contribution in [2.24, 2.45) is 5.92 Å². The van der Waals surface area contributed by atoms with Gasteiger partial charge in [-0.25, -0.2) is 4.79 Å². The van der Waals surface area contributed by atoms with Gasteiger partial charge in [0.25, 0.3) is 0 Å². The van der Waals surface area contributed by atoms with Crippen LogP contribution in [0.1, 0.15) is 79.0 Å². The van der Waals surface area contributed by atoms with Crippen molar-refractivity contribution in [3.63, 3.8) is 0 Å². The Hall–Kier alpha value is -3.36. The summed E-state index contributed by atoms with van der Waals surface area (Å²) >= 11 is 0. The van der Waals surface area contributed by atoms with Crippen LogP contribution in [-0.4, -0.2) is 59.6 Å². The molecule has 0 radical (unpaired) electrons. The molecule has 0 aromatic heterocycles. The van der Waals surface area contributed by atoms with Gasteiger partial charge in [-0.3, -0.25) is 14.4 Å². The van der Waals surface area contributed by atoms with Crippen molar-refractivity contribution < 1.29 is 28.7 Å². The number of alkyl carbamates (subject to hydrolysis) is 1. The molecule has 0 fully saturated rings. The van der Waals surface area contributed by atoms with Crippen LogP contribution in [0.2, 0.25) is 0 Å². The standard InChI is InChI=1S/C28H43N3O6/c1-11-19-13-12-14-20(16-19)23(24(33)29-17-22(32)36-10)31(27(4,5)6)25(34)21(15-18(2)3)30-26(35)37-28(7,8)9/h11-14,16,18,21,23H,1,15,17H2,2-10H3,(H,29,33)(H,30,35). The third kappa shape index (κ3) is 10.3. The third-order valence-corrected chi connectivity index (χ3v) is 5.26. The summed E-state index contributed by atoms with van der Waals surface area (Å²) in [4.78, 5) is 53.6. The molecule has 1 rings (SSSR count).